The summed E-state index contributed by atoms with van der Waals surface area (Å²) in [4.78, 5) is 8.20. The average molecular weight is 209 g/mol. The number of aromatic nitrogens is 2. The van der Waals surface area contributed by atoms with E-state index in [1.807, 2.05) is 19.9 Å². The summed E-state index contributed by atoms with van der Waals surface area (Å²) in [6.45, 7) is 5.72. The van der Waals surface area contributed by atoms with Crippen molar-refractivity contribution in [2.24, 2.45) is 5.73 Å². The molecule has 0 aliphatic carbocycles. The lowest BCUT2D eigenvalue weighted by molar-refractivity contribution is 0.689. The molecule has 4 N–H and O–H groups in total. The fourth-order valence-electron chi connectivity index (χ4n) is 1.16. The second kappa shape index (κ2) is 6.19. The van der Waals surface area contributed by atoms with Gasteiger partial charge in [-0.2, -0.15) is 0 Å². The smallest absolute Gasteiger partial charge is 0.131 e. The van der Waals surface area contributed by atoms with Gasteiger partial charge in [0.2, 0.25) is 0 Å². The average Bonchev–Trinajstić information content (AvgIpc) is 2.18. The fourth-order valence-corrected chi connectivity index (χ4v) is 1.16. The lowest BCUT2D eigenvalue weighted by atomic mass is 10.2. The molecule has 1 unspecified atom stereocenters. The maximum atomic E-state index is 5.65. The van der Waals surface area contributed by atoms with E-state index < -0.39 is 0 Å². The molecule has 15 heavy (non-hydrogen) atoms. The van der Waals surface area contributed by atoms with Gasteiger partial charge in [0, 0.05) is 25.2 Å². The molecule has 0 radical (unpaired) electrons. The maximum absolute atomic E-state index is 5.65. The van der Waals surface area contributed by atoms with Crippen LogP contribution in [-0.2, 0) is 0 Å². The Hall–Kier alpha value is -1.36. The van der Waals surface area contributed by atoms with E-state index in [0.717, 1.165) is 31.1 Å². The largest absolute Gasteiger partial charge is 0.370 e. The van der Waals surface area contributed by atoms with Crippen molar-refractivity contribution in [3.63, 3.8) is 0 Å². The number of hydrogen-bond acceptors (Lipinski definition) is 5. The minimum absolute atomic E-state index is 0.215. The molecule has 5 nitrogen and oxygen atoms in total. The van der Waals surface area contributed by atoms with Crippen LogP contribution < -0.4 is 16.4 Å². The van der Waals surface area contributed by atoms with Gasteiger partial charge in [-0.15, -0.1) is 0 Å². The Morgan fingerprint density at radius 2 is 2.00 bits per heavy atom. The van der Waals surface area contributed by atoms with Crippen molar-refractivity contribution in [2.75, 3.05) is 23.7 Å². The van der Waals surface area contributed by atoms with Gasteiger partial charge in [-0.05, 0) is 20.3 Å². The number of rotatable bonds is 6. The van der Waals surface area contributed by atoms with E-state index in [0.29, 0.717) is 0 Å². The molecule has 0 saturated heterocycles. The van der Waals surface area contributed by atoms with Crippen LogP contribution in [0.2, 0.25) is 0 Å². The van der Waals surface area contributed by atoms with Gasteiger partial charge < -0.3 is 16.4 Å². The molecule has 0 spiro atoms. The van der Waals surface area contributed by atoms with E-state index >= 15 is 0 Å². The van der Waals surface area contributed by atoms with Gasteiger partial charge in [0.15, 0.2) is 0 Å². The first-order valence-corrected chi connectivity index (χ1v) is 5.27. The zero-order chi connectivity index (χ0) is 11.1. The Bertz CT molecular complexity index is 287. The molecule has 1 heterocycles. The highest BCUT2D eigenvalue weighted by Gasteiger charge is 1.98. The lowest BCUT2D eigenvalue weighted by Gasteiger charge is -2.08. The maximum Gasteiger partial charge on any atom is 0.131 e. The monoisotopic (exact) mass is 209 g/mol. The Morgan fingerprint density at radius 1 is 1.33 bits per heavy atom. The third-order valence-corrected chi connectivity index (χ3v) is 1.93. The second-order valence-corrected chi connectivity index (χ2v) is 3.51. The molecular formula is C10H19N5. The van der Waals surface area contributed by atoms with Crippen LogP contribution in [0.15, 0.2) is 12.4 Å². The quantitative estimate of drug-likeness (QED) is 0.653. The molecule has 1 aromatic heterocycles. The van der Waals surface area contributed by atoms with Crippen LogP contribution in [0.4, 0.5) is 11.6 Å². The SMILES string of the molecule is CCNc1cc(NCCC(C)N)ncn1. The molecule has 1 atom stereocenters. The molecule has 1 aromatic rings. The minimum Gasteiger partial charge on any atom is -0.370 e. The molecule has 0 fully saturated rings. The van der Waals surface area contributed by atoms with Gasteiger partial charge in [0.25, 0.3) is 0 Å². The Labute approximate surface area is 90.5 Å². The van der Waals surface area contributed by atoms with Crippen LogP contribution in [0.5, 0.6) is 0 Å². The first-order chi connectivity index (χ1) is 7.22. The first kappa shape index (κ1) is 11.7. The van der Waals surface area contributed by atoms with Crippen molar-refractivity contribution < 1.29 is 0 Å². The Morgan fingerprint density at radius 3 is 2.60 bits per heavy atom. The summed E-state index contributed by atoms with van der Waals surface area (Å²) in [5.74, 6) is 1.68. The van der Waals surface area contributed by atoms with Crippen LogP contribution >= 0.6 is 0 Å². The summed E-state index contributed by atoms with van der Waals surface area (Å²) >= 11 is 0. The lowest BCUT2D eigenvalue weighted by Crippen LogP contribution is -2.19. The molecule has 84 valence electrons. The minimum atomic E-state index is 0.215. The van der Waals surface area contributed by atoms with Gasteiger partial charge >= 0.3 is 0 Å². The third kappa shape index (κ3) is 4.60. The van der Waals surface area contributed by atoms with Crippen molar-refractivity contribution in [2.45, 2.75) is 26.3 Å². The second-order valence-electron chi connectivity index (χ2n) is 3.51. The van der Waals surface area contributed by atoms with Crippen molar-refractivity contribution in [3.8, 4) is 0 Å². The van der Waals surface area contributed by atoms with Crippen molar-refractivity contribution in [3.05, 3.63) is 12.4 Å². The molecule has 0 bridgehead atoms. The Kier molecular flexibility index (Phi) is 4.83. The summed E-state index contributed by atoms with van der Waals surface area (Å²) in [5.41, 5.74) is 5.65. The van der Waals surface area contributed by atoms with E-state index in [9.17, 15) is 0 Å². The van der Waals surface area contributed by atoms with Crippen molar-refractivity contribution in [1.82, 2.24) is 9.97 Å². The van der Waals surface area contributed by atoms with Gasteiger partial charge in [0.05, 0.1) is 0 Å². The zero-order valence-corrected chi connectivity index (χ0v) is 9.33. The molecule has 1 rings (SSSR count). The predicted molar refractivity (Wildman–Crippen MR) is 63.0 cm³/mol. The summed E-state index contributed by atoms with van der Waals surface area (Å²) in [5, 5.41) is 6.33. The first-order valence-electron chi connectivity index (χ1n) is 5.27. The van der Waals surface area contributed by atoms with E-state index in [4.69, 9.17) is 5.73 Å². The number of nitrogens with one attached hydrogen (secondary N) is 2. The van der Waals surface area contributed by atoms with Gasteiger partial charge in [-0.3, -0.25) is 0 Å². The van der Waals surface area contributed by atoms with Crippen molar-refractivity contribution >= 4 is 11.6 Å². The third-order valence-electron chi connectivity index (χ3n) is 1.93. The van der Waals surface area contributed by atoms with E-state index in [1.165, 1.54) is 0 Å². The van der Waals surface area contributed by atoms with Crippen LogP contribution in [0.25, 0.3) is 0 Å². The number of nitrogens with two attached hydrogens (primary N) is 1. The molecule has 5 heteroatoms. The van der Waals surface area contributed by atoms with Gasteiger partial charge in [0.1, 0.15) is 18.0 Å². The number of hydrogen-bond donors (Lipinski definition) is 3. The molecule has 0 aromatic carbocycles. The summed E-state index contributed by atoms with van der Waals surface area (Å²) in [7, 11) is 0. The molecule has 0 aliphatic heterocycles. The van der Waals surface area contributed by atoms with E-state index in [2.05, 4.69) is 20.6 Å². The Balaban J connectivity index is 2.43. The van der Waals surface area contributed by atoms with E-state index in [1.54, 1.807) is 6.33 Å². The highest BCUT2D eigenvalue weighted by molar-refractivity contribution is 5.46. The van der Waals surface area contributed by atoms with E-state index in [-0.39, 0.29) is 6.04 Å². The summed E-state index contributed by atoms with van der Waals surface area (Å²) in [6.07, 6.45) is 2.48. The normalized spacial score (nSPS) is 12.2. The zero-order valence-electron chi connectivity index (χ0n) is 9.33. The van der Waals surface area contributed by atoms with Gasteiger partial charge in [-0.1, -0.05) is 0 Å². The van der Waals surface area contributed by atoms with Crippen LogP contribution in [0, 0.1) is 0 Å². The fraction of sp³-hybridized carbons (Fsp3) is 0.600. The standard InChI is InChI=1S/C10H19N5/c1-3-12-9-6-10(15-7-14-9)13-5-4-8(2)11/h6-8H,3-5,11H2,1-2H3,(H2,12,13,14,15). The number of anilines is 2. The summed E-state index contributed by atoms with van der Waals surface area (Å²) < 4.78 is 0. The molecule has 0 saturated carbocycles. The van der Waals surface area contributed by atoms with Gasteiger partial charge in [-0.25, -0.2) is 9.97 Å². The van der Waals surface area contributed by atoms with Crippen molar-refractivity contribution in [1.29, 1.82) is 0 Å². The van der Waals surface area contributed by atoms with Crippen LogP contribution in [-0.4, -0.2) is 29.1 Å². The highest BCUT2D eigenvalue weighted by atomic mass is 15.1. The summed E-state index contributed by atoms with van der Waals surface area (Å²) in [6, 6.07) is 2.11. The van der Waals surface area contributed by atoms with Crippen LogP contribution in [0.3, 0.4) is 0 Å². The topological polar surface area (TPSA) is 75.9 Å². The highest BCUT2D eigenvalue weighted by Crippen LogP contribution is 2.07. The number of nitrogens with zero attached hydrogens (tertiary/aromatic N) is 2. The van der Waals surface area contributed by atoms with Crippen LogP contribution in [0.1, 0.15) is 20.3 Å². The predicted octanol–water partition coefficient (Wildman–Crippen LogP) is 1.06. The molecule has 0 amide bonds. The molecular weight excluding hydrogens is 190 g/mol. The molecule has 0 aliphatic rings.